The van der Waals surface area contributed by atoms with Gasteiger partial charge in [0.1, 0.15) is 11.0 Å². The van der Waals surface area contributed by atoms with Crippen LogP contribution in [-0.2, 0) is 6.18 Å². The van der Waals surface area contributed by atoms with E-state index in [1.54, 1.807) is 0 Å². The standard InChI is InChI=1S/C12H15ClF3N3O/c13-9-4-10(19-11(18-9)12(14,15)16)17-5-7-2-1-3-8(7)6-20/h4,7-8,20H,1-3,5-6H2,(H,17,18,19). The van der Waals surface area contributed by atoms with Crippen molar-refractivity contribution in [2.24, 2.45) is 11.8 Å². The molecular formula is C12H15ClF3N3O. The maximum absolute atomic E-state index is 12.6. The zero-order chi connectivity index (χ0) is 14.8. The second-order valence-electron chi connectivity index (χ2n) is 4.91. The maximum atomic E-state index is 12.6. The third-order valence-electron chi connectivity index (χ3n) is 3.54. The van der Waals surface area contributed by atoms with Crippen molar-refractivity contribution in [2.75, 3.05) is 18.5 Å². The number of alkyl halides is 3. The molecule has 0 spiro atoms. The molecule has 0 radical (unpaired) electrons. The highest BCUT2D eigenvalue weighted by molar-refractivity contribution is 6.29. The van der Waals surface area contributed by atoms with Crippen LogP contribution in [0.4, 0.5) is 19.0 Å². The van der Waals surface area contributed by atoms with E-state index in [9.17, 15) is 18.3 Å². The molecule has 2 N–H and O–H groups in total. The van der Waals surface area contributed by atoms with Crippen LogP contribution in [-0.4, -0.2) is 28.2 Å². The van der Waals surface area contributed by atoms with E-state index < -0.39 is 12.0 Å². The molecule has 1 heterocycles. The zero-order valence-electron chi connectivity index (χ0n) is 10.6. The van der Waals surface area contributed by atoms with Gasteiger partial charge in [-0.15, -0.1) is 0 Å². The van der Waals surface area contributed by atoms with E-state index in [-0.39, 0.29) is 29.4 Å². The Morgan fingerprint density at radius 3 is 2.65 bits per heavy atom. The predicted molar refractivity (Wildman–Crippen MR) is 68.5 cm³/mol. The van der Waals surface area contributed by atoms with E-state index in [0.29, 0.717) is 6.54 Å². The molecule has 0 saturated heterocycles. The van der Waals surface area contributed by atoms with Crippen LogP contribution < -0.4 is 5.32 Å². The molecule has 1 aromatic rings. The van der Waals surface area contributed by atoms with E-state index >= 15 is 0 Å². The summed E-state index contributed by atoms with van der Waals surface area (Å²) in [5, 5.41) is 11.8. The number of nitrogens with one attached hydrogen (secondary N) is 1. The summed E-state index contributed by atoms with van der Waals surface area (Å²) in [6.07, 6.45) is -1.71. The Morgan fingerprint density at radius 2 is 2.00 bits per heavy atom. The minimum absolute atomic E-state index is 0.0564. The fourth-order valence-electron chi connectivity index (χ4n) is 2.49. The molecule has 2 rings (SSSR count). The van der Waals surface area contributed by atoms with Crippen molar-refractivity contribution in [2.45, 2.75) is 25.4 Å². The summed E-state index contributed by atoms with van der Waals surface area (Å²) < 4.78 is 37.7. The monoisotopic (exact) mass is 309 g/mol. The van der Waals surface area contributed by atoms with Crippen LogP contribution in [0.3, 0.4) is 0 Å². The molecule has 20 heavy (non-hydrogen) atoms. The summed E-state index contributed by atoms with van der Waals surface area (Å²) in [7, 11) is 0. The van der Waals surface area contributed by atoms with E-state index in [1.165, 1.54) is 6.07 Å². The smallest absolute Gasteiger partial charge is 0.396 e. The second-order valence-corrected chi connectivity index (χ2v) is 5.30. The number of aromatic nitrogens is 2. The molecule has 1 aromatic heterocycles. The number of nitrogens with zero attached hydrogens (tertiary/aromatic N) is 2. The summed E-state index contributed by atoms with van der Waals surface area (Å²) in [5.41, 5.74) is 0. The average Bonchev–Trinajstić information content (AvgIpc) is 2.82. The molecular weight excluding hydrogens is 295 g/mol. The summed E-state index contributed by atoms with van der Waals surface area (Å²) in [6, 6.07) is 1.26. The topological polar surface area (TPSA) is 58.0 Å². The molecule has 0 aromatic carbocycles. The van der Waals surface area contributed by atoms with Crippen molar-refractivity contribution < 1.29 is 18.3 Å². The predicted octanol–water partition coefficient (Wildman–Crippen LogP) is 2.97. The van der Waals surface area contributed by atoms with Gasteiger partial charge in [0.2, 0.25) is 5.82 Å². The Kier molecular flexibility index (Phi) is 4.70. The minimum Gasteiger partial charge on any atom is -0.396 e. The second kappa shape index (κ2) is 6.13. The Hall–Kier alpha value is -1.08. The third-order valence-corrected chi connectivity index (χ3v) is 3.74. The SMILES string of the molecule is OCC1CCCC1CNc1cc(Cl)nc(C(F)(F)F)n1. The van der Waals surface area contributed by atoms with E-state index in [0.717, 1.165) is 19.3 Å². The Morgan fingerprint density at radius 1 is 1.30 bits per heavy atom. The number of halogens is 4. The van der Waals surface area contributed by atoms with E-state index in [1.807, 2.05) is 0 Å². The molecule has 0 aliphatic heterocycles. The van der Waals surface area contributed by atoms with Crippen molar-refractivity contribution >= 4 is 17.4 Å². The van der Waals surface area contributed by atoms with Crippen LogP contribution in [0.1, 0.15) is 25.1 Å². The lowest BCUT2D eigenvalue weighted by Gasteiger charge is -2.18. The van der Waals surface area contributed by atoms with Gasteiger partial charge in [0.05, 0.1) is 0 Å². The number of anilines is 1. The van der Waals surface area contributed by atoms with Crippen LogP contribution in [0.15, 0.2) is 6.07 Å². The highest BCUT2D eigenvalue weighted by Crippen LogP contribution is 2.32. The van der Waals surface area contributed by atoms with Gasteiger partial charge in [0.25, 0.3) is 0 Å². The number of hydrogen-bond donors (Lipinski definition) is 2. The number of aliphatic hydroxyl groups is 1. The van der Waals surface area contributed by atoms with Crippen LogP contribution in [0.2, 0.25) is 5.15 Å². The summed E-state index contributed by atoms with van der Waals surface area (Å²) >= 11 is 5.58. The molecule has 112 valence electrons. The van der Waals surface area contributed by atoms with E-state index in [2.05, 4.69) is 15.3 Å². The van der Waals surface area contributed by atoms with Gasteiger partial charge in [0.15, 0.2) is 0 Å². The Balaban J connectivity index is 2.04. The molecule has 2 atom stereocenters. The first-order valence-corrected chi connectivity index (χ1v) is 6.74. The lowest BCUT2D eigenvalue weighted by molar-refractivity contribution is -0.144. The summed E-state index contributed by atoms with van der Waals surface area (Å²) in [4.78, 5) is 6.59. The lowest BCUT2D eigenvalue weighted by Crippen LogP contribution is -2.22. The van der Waals surface area contributed by atoms with Crippen molar-refractivity contribution in [3.63, 3.8) is 0 Å². The van der Waals surface area contributed by atoms with Gasteiger partial charge in [0, 0.05) is 19.2 Å². The average molecular weight is 310 g/mol. The van der Waals surface area contributed by atoms with Crippen molar-refractivity contribution in [3.05, 3.63) is 17.0 Å². The zero-order valence-corrected chi connectivity index (χ0v) is 11.4. The Labute approximate surface area is 119 Å². The van der Waals surface area contributed by atoms with Crippen LogP contribution in [0.25, 0.3) is 0 Å². The van der Waals surface area contributed by atoms with Gasteiger partial charge < -0.3 is 10.4 Å². The van der Waals surface area contributed by atoms with Crippen LogP contribution >= 0.6 is 11.6 Å². The number of hydrogen-bond acceptors (Lipinski definition) is 4. The lowest BCUT2D eigenvalue weighted by atomic mass is 9.97. The summed E-state index contributed by atoms with van der Waals surface area (Å²) in [6.45, 7) is 0.570. The van der Waals surface area contributed by atoms with Gasteiger partial charge in [-0.05, 0) is 24.7 Å². The highest BCUT2D eigenvalue weighted by atomic mass is 35.5. The third kappa shape index (κ3) is 3.73. The van der Waals surface area contributed by atoms with Crippen molar-refractivity contribution in [1.29, 1.82) is 0 Å². The highest BCUT2D eigenvalue weighted by Gasteiger charge is 2.35. The van der Waals surface area contributed by atoms with Crippen molar-refractivity contribution in [1.82, 2.24) is 9.97 Å². The molecule has 2 unspecified atom stereocenters. The van der Waals surface area contributed by atoms with Crippen molar-refractivity contribution in [3.8, 4) is 0 Å². The first-order chi connectivity index (χ1) is 9.40. The molecule has 1 saturated carbocycles. The molecule has 0 bridgehead atoms. The molecule has 8 heteroatoms. The normalized spacial score (nSPS) is 23.1. The fraction of sp³-hybridized carbons (Fsp3) is 0.667. The minimum atomic E-state index is -4.62. The van der Waals surface area contributed by atoms with E-state index in [4.69, 9.17) is 11.6 Å². The van der Waals surface area contributed by atoms with Gasteiger partial charge in [-0.25, -0.2) is 9.97 Å². The summed E-state index contributed by atoms with van der Waals surface area (Å²) in [5.74, 6) is -0.761. The molecule has 0 amide bonds. The largest absolute Gasteiger partial charge is 0.451 e. The van der Waals surface area contributed by atoms with Gasteiger partial charge in [-0.2, -0.15) is 13.2 Å². The molecule has 1 aliphatic rings. The van der Waals surface area contributed by atoms with Gasteiger partial charge in [-0.1, -0.05) is 18.0 Å². The Bertz CT molecular complexity index is 470. The number of rotatable bonds is 4. The first kappa shape index (κ1) is 15.3. The van der Waals surface area contributed by atoms with Gasteiger partial charge in [-0.3, -0.25) is 0 Å². The van der Waals surface area contributed by atoms with Gasteiger partial charge >= 0.3 is 6.18 Å². The number of aliphatic hydroxyl groups excluding tert-OH is 1. The van der Waals surface area contributed by atoms with Crippen LogP contribution in [0, 0.1) is 11.8 Å². The fourth-order valence-corrected chi connectivity index (χ4v) is 2.68. The molecule has 1 aliphatic carbocycles. The van der Waals surface area contributed by atoms with Crippen LogP contribution in [0.5, 0.6) is 0 Å². The first-order valence-electron chi connectivity index (χ1n) is 6.36. The maximum Gasteiger partial charge on any atom is 0.451 e. The molecule has 4 nitrogen and oxygen atoms in total. The quantitative estimate of drug-likeness (QED) is 0.840. The molecule has 1 fully saturated rings.